The number of ether oxygens (including phenoxy) is 2. The first kappa shape index (κ1) is 16.7. The molecular formula is C15H19NO5. The van der Waals surface area contributed by atoms with Crippen LogP contribution in [0.5, 0.6) is 5.75 Å². The fourth-order valence-corrected chi connectivity index (χ4v) is 1.71. The molecule has 6 heteroatoms. The summed E-state index contributed by atoms with van der Waals surface area (Å²) in [6.07, 6.45) is 2.84. The topological polar surface area (TPSA) is 84.9 Å². The van der Waals surface area contributed by atoms with Gasteiger partial charge in [-0.3, -0.25) is 4.79 Å². The van der Waals surface area contributed by atoms with Crippen LogP contribution in [0, 0.1) is 6.92 Å². The minimum atomic E-state index is -1.15. The van der Waals surface area contributed by atoms with Crippen LogP contribution in [-0.2, 0) is 14.3 Å². The Hall–Kier alpha value is -2.34. The van der Waals surface area contributed by atoms with E-state index in [1.807, 2.05) is 19.1 Å². The summed E-state index contributed by atoms with van der Waals surface area (Å²) in [6, 6.07) is 4.49. The molecule has 114 valence electrons. The molecule has 1 atom stereocenters. The van der Waals surface area contributed by atoms with E-state index in [4.69, 9.17) is 14.6 Å². The summed E-state index contributed by atoms with van der Waals surface area (Å²) in [6.45, 7) is 1.83. The molecule has 0 saturated carbocycles. The predicted molar refractivity (Wildman–Crippen MR) is 78.2 cm³/mol. The first-order chi connectivity index (χ1) is 9.97. The molecule has 6 nitrogen and oxygen atoms in total. The highest BCUT2D eigenvalue weighted by Gasteiger charge is 2.18. The molecule has 0 aliphatic rings. The molecule has 0 heterocycles. The smallest absolute Gasteiger partial charge is 0.328 e. The Morgan fingerprint density at radius 3 is 2.67 bits per heavy atom. The summed E-state index contributed by atoms with van der Waals surface area (Å²) >= 11 is 0. The normalized spacial score (nSPS) is 12.1. The second kappa shape index (κ2) is 8.06. The number of carboxylic acids is 1. The Bertz CT molecular complexity index is 539. The lowest BCUT2D eigenvalue weighted by Gasteiger charge is -2.11. The Balaban J connectivity index is 2.78. The minimum absolute atomic E-state index is 0.0946. The zero-order valence-corrected chi connectivity index (χ0v) is 12.3. The molecule has 0 fully saturated rings. The highest BCUT2D eigenvalue weighted by atomic mass is 16.5. The van der Waals surface area contributed by atoms with Crippen molar-refractivity contribution in [3.63, 3.8) is 0 Å². The molecule has 1 amide bonds. The second-order valence-electron chi connectivity index (χ2n) is 4.43. The third-order valence-electron chi connectivity index (χ3n) is 2.75. The average Bonchev–Trinajstić information content (AvgIpc) is 2.44. The van der Waals surface area contributed by atoms with Crippen molar-refractivity contribution in [3.8, 4) is 5.75 Å². The van der Waals surface area contributed by atoms with E-state index < -0.39 is 17.9 Å². The number of hydrogen-bond acceptors (Lipinski definition) is 4. The van der Waals surface area contributed by atoms with Crippen LogP contribution >= 0.6 is 0 Å². The molecule has 21 heavy (non-hydrogen) atoms. The monoisotopic (exact) mass is 293 g/mol. The zero-order valence-electron chi connectivity index (χ0n) is 12.3. The molecule has 0 aromatic heterocycles. The maximum Gasteiger partial charge on any atom is 0.328 e. The first-order valence-electron chi connectivity index (χ1n) is 6.33. The maximum atomic E-state index is 11.7. The van der Waals surface area contributed by atoms with Crippen LogP contribution in [0.3, 0.4) is 0 Å². The number of carboxylic acid groups (broad SMARTS) is 1. The Morgan fingerprint density at radius 2 is 2.10 bits per heavy atom. The van der Waals surface area contributed by atoms with Gasteiger partial charge in [-0.2, -0.15) is 0 Å². The molecule has 0 saturated heterocycles. The number of rotatable bonds is 7. The van der Waals surface area contributed by atoms with Gasteiger partial charge in [-0.1, -0.05) is 11.6 Å². The Morgan fingerprint density at radius 1 is 1.38 bits per heavy atom. The lowest BCUT2D eigenvalue weighted by atomic mass is 10.1. The number of carbonyl (C=O) groups is 2. The summed E-state index contributed by atoms with van der Waals surface area (Å²) in [5, 5.41) is 11.3. The van der Waals surface area contributed by atoms with Crippen LogP contribution in [0.25, 0.3) is 6.08 Å². The van der Waals surface area contributed by atoms with E-state index in [0.717, 1.165) is 11.1 Å². The molecule has 0 bridgehead atoms. The van der Waals surface area contributed by atoms with E-state index in [2.05, 4.69) is 5.32 Å². The largest absolute Gasteiger partial charge is 0.496 e. The van der Waals surface area contributed by atoms with Gasteiger partial charge in [0.1, 0.15) is 5.75 Å². The van der Waals surface area contributed by atoms with Crippen molar-refractivity contribution in [2.24, 2.45) is 0 Å². The van der Waals surface area contributed by atoms with Gasteiger partial charge in [0.15, 0.2) is 6.04 Å². The molecular weight excluding hydrogens is 274 g/mol. The van der Waals surface area contributed by atoms with Gasteiger partial charge in [-0.15, -0.1) is 0 Å². The summed E-state index contributed by atoms with van der Waals surface area (Å²) in [4.78, 5) is 22.6. The fourth-order valence-electron chi connectivity index (χ4n) is 1.71. The quantitative estimate of drug-likeness (QED) is 0.739. The molecule has 1 aromatic carbocycles. The standard InChI is InChI=1S/C15H19NO5/c1-10-4-6-13(21-3)11(8-10)5-7-14(17)16-12(9-20-2)15(18)19/h4-8,12H,9H2,1-3H3,(H,16,17)(H,18,19)/b7-5+. The van der Waals surface area contributed by atoms with E-state index in [9.17, 15) is 9.59 Å². The van der Waals surface area contributed by atoms with Gasteiger partial charge in [0.2, 0.25) is 5.91 Å². The molecule has 2 N–H and O–H groups in total. The fraction of sp³-hybridized carbons (Fsp3) is 0.333. The lowest BCUT2D eigenvalue weighted by Crippen LogP contribution is -2.43. The van der Waals surface area contributed by atoms with Gasteiger partial charge >= 0.3 is 5.97 Å². The van der Waals surface area contributed by atoms with Gasteiger partial charge in [-0.05, 0) is 25.1 Å². The van der Waals surface area contributed by atoms with E-state index in [1.54, 1.807) is 19.3 Å². The maximum absolute atomic E-state index is 11.7. The molecule has 1 rings (SSSR count). The van der Waals surface area contributed by atoms with E-state index in [1.165, 1.54) is 13.2 Å². The average molecular weight is 293 g/mol. The number of nitrogens with one attached hydrogen (secondary N) is 1. The summed E-state index contributed by atoms with van der Waals surface area (Å²) in [5.41, 5.74) is 1.77. The van der Waals surface area contributed by atoms with Gasteiger partial charge < -0.3 is 19.9 Å². The predicted octanol–water partition coefficient (Wildman–Crippen LogP) is 1.23. The summed E-state index contributed by atoms with van der Waals surface area (Å²) in [5.74, 6) is -1.02. The summed E-state index contributed by atoms with van der Waals surface area (Å²) < 4.78 is 9.93. The zero-order chi connectivity index (χ0) is 15.8. The lowest BCUT2D eigenvalue weighted by molar-refractivity contribution is -0.142. The Kier molecular flexibility index (Phi) is 6.42. The van der Waals surface area contributed by atoms with Crippen molar-refractivity contribution >= 4 is 18.0 Å². The number of hydrogen-bond donors (Lipinski definition) is 2. The molecule has 1 unspecified atom stereocenters. The van der Waals surface area contributed by atoms with Gasteiger partial charge in [-0.25, -0.2) is 4.79 Å². The van der Waals surface area contributed by atoms with Gasteiger partial charge in [0.05, 0.1) is 13.7 Å². The van der Waals surface area contributed by atoms with Gasteiger partial charge in [0.25, 0.3) is 0 Å². The molecule has 1 aromatic rings. The van der Waals surface area contributed by atoms with Crippen LogP contribution in [0.15, 0.2) is 24.3 Å². The van der Waals surface area contributed by atoms with Crippen molar-refractivity contribution in [3.05, 3.63) is 35.4 Å². The van der Waals surface area contributed by atoms with Crippen molar-refractivity contribution in [2.45, 2.75) is 13.0 Å². The van der Waals surface area contributed by atoms with Crippen LogP contribution in [0.2, 0.25) is 0 Å². The summed E-state index contributed by atoms with van der Waals surface area (Å²) in [7, 11) is 2.91. The second-order valence-corrected chi connectivity index (χ2v) is 4.43. The SMILES string of the molecule is COCC(NC(=O)/C=C/c1cc(C)ccc1OC)C(=O)O. The third-order valence-corrected chi connectivity index (χ3v) is 2.75. The number of aryl methyl sites for hydroxylation is 1. The first-order valence-corrected chi connectivity index (χ1v) is 6.33. The molecule has 0 aliphatic heterocycles. The minimum Gasteiger partial charge on any atom is -0.496 e. The Labute approximate surface area is 123 Å². The van der Waals surface area contributed by atoms with Crippen molar-refractivity contribution in [1.82, 2.24) is 5.32 Å². The van der Waals surface area contributed by atoms with Crippen LogP contribution in [0.1, 0.15) is 11.1 Å². The number of amides is 1. The highest BCUT2D eigenvalue weighted by molar-refractivity contribution is 5.94. The molecule has 0 aliphatic carbocycles. The van der Waals surface area contributed by atoms with Gasteiger partial charge in [0, 0.05) is 18.7 Å². The number of aliphatic carboxylic acids is 1. The van der Waals surface area contributed by atoms with E-state index >= 15 is 0 Å². The molecule has 0 radical (unpaired) electrons. The number of benzene rings is 1. The van der Waals surface area contributed by atoms with Crippen LogP contribution in [-0.4, -0.2) is 43.9 Å². The van der Waals surface area contributed by atoms with E-state index in [0.29, 0.717) is 5.75 Å². The third kappa shape index (κ3) is 5.27. The van der Waals surface area contributed by atoms with E-state index in [-0.39, 0.29) is 6.61 Å². The number of methoxy groups -OCH3 is 2. The van der Waals surface area contributed by atoms with Crippen molar-refractivity contribution < 1.29 is 24.2 Å². The number of carbonyl (C=O) groups excluding carboxylic acids is 1. The van der Waals surface area contributed by atoms with Crippen LogP contribution in [0.4, 0.5) is 0 Å². The van der Waals surface area contributed by atoms with Crippen molar-refractivity contribution in [2.75, 3.05) is 20.8 Å². The molecule has 0 spiro atoms. The highest BCUT2D eigenvalue weighted by Crippen LogP contribution is 2.20. The van der Waals surface area contributed by atoms with Crippen molar-refractivity contribution in [1.29, 1.82) is 0 Å². The van der Waals surface area contributed by atoms with Crippen LogP contribution < -0.4 is 10.1 Å².